The van der Waals surface area contributed by atoms with Gasteiger partial charge in [0.15, 0.2) is 0 Å². The van der Waals surface area contributed by atoms with Crippen molar-refractivity contribution < 1.29 is 5.11 Å². The maximum atomic E-state index is 10.3. The second-order valence-electron chi connectivity index (χ2n) is 4.15. The Morgan fingerprint density at radius 2 is 1.79 bits per heavy atom. The van der Waals surface area contributed by atoms with Gasteiger partial charge in [-0.25, -0.2) is 0 Å². The van der Waals surface area contributed by atoms with E-state index in [1.54, 1.807) is 0 Å². The summed E-state index contributed by atoms with van der Waals surface area (Å²) in [5.74, 6) is 0.121. The summed E-state index contributed by atoms with van der Waals surface area (Å²) < 4.78 is 0. The smallest absolute Gasteiger partial charge is 0.104 e. The van der Waals surface area contributed by atoms with E-state index >= 15 is 0 Å². The van der Waals surface area contributed by atoms with Crippen LogP contribution in [0.4, 0.5) is 0 Å². The van der Waals surface area contributed by atoms with Crippen LogP contribution in [0.25, 0.3) is 0 Å². The van der Waals surface area contributed by atoms with Crippen molar-refractivity contribution in [2.75, 3.05) is 6.54 Å². The van der Waals surface area contributed by atoms with E-state index in [0.29, 0.717) is 0 Å². The highest BCUT2D eigenvalue weighted by Gasteiger charge is 2.31. The normalized spacial score (nSPS) is 15.6. The minimum atomic E-state index is -0.895. The van der Waals surface area contributed by atoms with Crippen molar-refractivity contribution in [2.45, 2.75) is 26.4 Å². The Bertz CT molecular complexity index is 292. The molecule has 1 rings (SSSR count). The third-order valence-corrected chi connectivity index (χ3v) is 2.82. The summed E-state index contributed by atoms with van der Waals surface area (Å²) in [6, 6.07) is 7.89. The molecule has 1 atom stereocenters. The van der Waals surface area contributed by atoms with E-state index in [1.165, 1.54) is 5.56 Å². The van der Waals surface area contributed by atoms with Gasteiger partial charge in [0.25, 0.3) is 0 Å². The van der Waals surface area contributed by atoms with Crippen LogP contribution in [-0.4, -0.2) is 11.7 Å². The first kappa shape index (κ1) is 11.2. The molecule has 2 nitrogen and oxygen atoms in total. The number of aliphatic hydroxyl groups is 1. The molecule has 3 N–H and O–H groups in total. The first-order valence-corrected chi connectivity index (χ1v) is 5.00. The average molecular weight is 193 g/mol. The summed E-state index contributed by atoms with van der Waals surface area (Å²) >= 11 is 0. The summed E-state index contributed by atoms with van der Waals surface area (Å²) in [6.45, 7) is 6.24. The summed E-state index contributed by atoms with van der Waals surface area (Å²) in [4.78, 5) is 0. The molecule has 78 valence electrons. The fourth-order valence-corrected chi connectivity index (χ4v) is 1.53. The third kappa shape index (κ3) is 1.97. The van der Waals surface area contributed by atoms with Crippen LogP contribution in [-0.2, 0) is 5.60 Å². The number of nitrogens with two attached hydrogens (primary N) is 1. The van der Waals surface area contributed by atoms with Gasteiger partial charge in [-0.3, -0.25) is 0 Å². The molecule has 0 amide bonds. The number of hydrogen-bond donors (Lipinski definition) is 2. The molecule has 0 fully saturated rings. The molecule has 1 aromatic carbocycles. The predicted octanol–water partition coefficient (Wildman–Crippen LogP) is 1.80. The molecule has 1 unspecified atom stereocenters. The quantitative estimate of drug-likeness (QED) is 0.769. The third-order valence-electron chi connectivity index (χ3n) is 2.82. The highest BCUT2D eigenvalue weighted by molar-refractivity contribution is 5.27. The fourth-order valence-electron chi connectivity index (χ4n) is 1.53. The Morgan fingerprint density at radius 3 is 2.14 bits per heavy atom. The SMILES string of the molecule is Cc1ccc(C(O)(CN)C(C)C)cc1. The van der Waals surface area contributed by atoms with Gasteiger partial charge >= 0.3 is 0 Å². The predicted molar refractivity (Wildman–Crippen MR) is 59.0 cm³/mol. The molecule has 0 radical (unpaired) electrons. The molecule has 0 saturated carbocycles. The van der Waals surface area contributed by atoms with Gasteiger partial charge in [-0.05, 0) is 18.4 Å². The summed E-state index contributed by atoms with van der Waals surface area (Å²) in [7, 11) is 0. The minimum Gasteiger partial charge on any atom is -0.384 e. The molecule has 1 aromatic rings. The van der Waals surface area contributed by atoms with Crippen molar-refractivity contribution in [3.8, 4) is 0 Å². The van der Waals surface area contributed by atoms with E-state index in [9.17, 15) is 5.11 Å². The molecule has 0 aliphatic rings. The molecule has 2 heteroatoms. The molecular formula is C12H19NO. The molecule has 0 aliphatic carbocycles. The summed E-state index contributed by atoms with van der Waals surface area (Å²) in [6.07, 6.45) is 0. The summed E-state index contributed by atoms with van der Waals surface area (Å²) in [5.41, 5.74) is 6.83. The fraction of sp³-hybridized carbons (Fsp3) is 0.500. The minimum absolute atomic E-state index is 0.121. The maximum Gasteiger partial charge on any atom is 0.104 e. The zero-order valence-electron chi connectivity index (χ0n) is 9.12. The van der Waals surface area contributed by atoms with Crippen LogP contribution >= 0.6 is 0 Å². The van der Waals surface area contributed by atoms with Crippen LogP contribution < -0.4 is 5.73 Å². The first-order chi connectivity index (χ1) is 6.50. The van der Waals surface area contributed by atoms with Gasteiger partial charge in [-0.2, -0.15) is 0 Å². The molecule has 0 aliphatic heterocycles. The van der Waals surface area contributed by atoms with E-state index in [1.807, 2.05) is 45.0 Å². The Morgan fingerprint density at radius 1 is 1.29 bits per heavy atom. The molecule has 0 spiro atoms. The van der Waals surface area contributed by atoms with Crippen LogP contribution in [0.2, 0.25) is 0 Å². The molecule has 0 aromatic heterocycles. The maximum absolute atomic E-state index is 10.3. The Hall–Kier alpha value is -0.860. The van der Waals surface area contributed by atoms with Gasteiger partial charge in [0, 0.05) is 6.54 Å². The molecular weight excluding hydrogens is 174 g/mol. The Labute approximate surface area is 85.8 Å². The molecule has 0 bridgehead atoms. The standard InChI is InChI=1S/C12H19NO/c1-9(2)12(14,8-13)11-6-4-10(3)5-7-11/h4-7,9,14H,8,13H2,1-3H3. The Balaban J connectivity index is 3.06. The van der Waals surface area contributed by atoms with Crippen LogP contribution in [0.5, 0.6) is 0 Å². The monoisotopic (exact) mass is 193 g/mol. The van der Waals surface area contributed by atoms with Crippen molar-refractivity contribution in [2.24, 2.45) is 11.7 Å². The highest BCUT2D eigenvalue weighted by atomic mass is 16.3. The van der Waals surface area contributed by atoms with Gasteiger partial charge in [0.1, 0.15) is 5.60 Å². The van der Waals surface area contributed by atoms with Crippen molar-refractivity contribution >= 4 is 0 Å². The zero-order chi connectivity index (χ0) is 10.8. The Kier molecular flexibility index (Phi) is 3.29. The number of rotatable bonds is 3. The lowest BCUT2D eigenvalue weighted by molar-refractivity contribution is -0.00114. The molecule has 0 heterocycles. The van der Waals surface area contributed by atoms with E-state index < -0.39 is 5.60 Å². The van der Waals surface area contributed by atoms with Crippen molar-refractivity contribution in [3.63, 3.8) is 0 Å². The summed E-state index contributed by atoms with van der Waals surface area (Å²) in [5, 5.41) is 10.3. The number of aryl methyl sites for hydroxylation is 1. The van der Waals surface area contributed by atoms with Crippen molar-refractivity contribution in [3.05, 3.63) is 35.4 Å². The first-order valence-electron chi connectivity index (χ1n) is 5.00. The lowest BCUT2D eigenvalue weighted by Gasteiger charge is -2.31. The van der Waals surface area contributed by atoms with E-state index in [0.717, 1.165) is 5.56 Å². The second-order valence-corrected chi connectivity index (χ2v) is 4.15. The van der Waals surface area contributed by atoms with Gasteiger partial charge in [0.05, 0.1) is 0 Å². The second kappa shape index (κ2) is 4.11. The van der Waals surface area contributed by atoms with Gasteiger partial charge in [-0.15, -0.1) is 0 Å². The van der Waals surface area contributed by atoms with E-state index in [2.05, 4.69) is 0 Å². The highest BCUT2D eigenvalue weighted by Crippen LogP contribution is 2.28. The van der Waals surface area contributed by atoms with Crippen LogP contribution in [0.15, 0.2) is 24.3 Å². The zero-order valence-corrected chi connectivity index (χ0v) is 9.12. The average Bonchev–Trinajstić information content (AvgIpc) is 2.17. The largest absolute Gasteiger partial charge is 0.384 e. The van der Waals surface area contributed by atoms with Crippen molar-refractivity contribution in [1.29, 1.82) is 0 Å². The topological polar surface area (TPSA) is 46.2 Å². The number of benzene rings is 1. The lowest BCUT2D eigenvalue weighted by Crippen LogP contribution is -2.39. The van der Waals surface area contributed by atoms with Crippen LogP contribution in [0.1, 0.15) is 25.0 Å². The number of hydrogen-bond acceptors (Lipinski definition) is 2. The van der Waals surface area contributed by atoms with Crippen molar-refractivity contribution in [1.82, 2.24) is 0 Å². The van der Waals surface area contributed by atoms with Gasteiger partial charge in [0.2, 0.25) is 0 Å². The van der Waals surface area contributed by atoms with Crippen LogP contribution in [0, 0.1) is 12.8 Å². The molecule has 0 saturated heterocycles. The van der Waals surface area contributed by atoms with Gasteiger partial charge < -0.3 is 10.8 Å². The van der Waals surface area contributed by atoms with Crippen LogP contribution in [0.3, 0.4) is 0 Å². The van der Waals surface area contributed by atoms with Gasteiger partial charge in [-0.1, -0.05) is 43.7 Å². The lowest BCUT2D eigenvalue weighted by atomic mass is 9.83. The van der Waals surface area contributed by atoms with E-state index in [-0.39, 0.29) is 12.5 Å². The van der Waals surface area contributed by atoms with E-state index in [4.69, 9.17) is 5.73 Å². The molecule has 14 heavy (non-hydrogen) atoms.